The molecule has 0 bridgehead atoms. The third-order valence-electron chi connectivity index (χ3n) is 2.13. The highest BCUT2D eigenvalue weighted by atomic mass is 32.2. The van der Waals surface area contributed by atoms with E-state index in [0.29, 0.717) is 11.8 Å². The highest BCUT2D eigenvalue weighted by Crippen LogP contribution is 2.23. The van der Waals surface area contributed by atoms with Gasteiger partial charge in [0.15, 0.2) is 0 Å². The summed E-state index contributed by atoms with van der Waals surface area (Å²) in [5.41, 5.74) is 0. The lowest BCUT2D eigenvalue weighted by molar-refractivity contribution is -0.140. The van der Waals surface area contributed by atoms with E-state index in [-0.39, 0.29) is 5.92 Å². The Morgan fingerprint density at radius 2 is 2.43 bits per heavy atom. The maximum atomic E-state index is 10.5. The van der Waals surface area contributed by atoms with Crippen LogP contribution in [0.3, 0.4) is 0 Å². The van der Waals surface area contributed by atoms with Gasteiger partial charge in [-0.15, -0.1) is 0 Å². The van der Waals surface area contributed by atoms with Crippen LogP contribution in [0, 0.1) is 5.92 Å². The molecule has 0 radical (unpaired) electrons. The molecule has 2 N–H and O–H groups in total. The molecule has 3 nitrogen and oxygen atoms in total. The Morgan fingerprint density at radius 1 is 1.64 bits per heavy atom. The molecule has 1 aliphatic rings. The molecule has 5 heteroatoms. The van der Waals surface area contributed by atoms with Gasteiger partial charge >= 0.3 is 5.97 Å². The van der Waals surface area contributed by atoms with E-state index in [1.807, 2.05) is 23.5 Å². The predicted molar refractivity (Wildman–Crippen MR) is 63.2 cm³/mol. The zero-order valence-corrected chi connectivity index (χ0v) is 10.00. The van der Waals surface area contributed by atoms with Gasteiger partial charge in [0.05, 0.1) is 5.92 Å². The van der Waals surface area contributed by atoms with Crippen LogP contribution in [0.5, 0.6) is 0 Å². The minimum absolute atomic E-state index is 0.281. The molecule has 0 aromatic heterocycles. The van der Waals surface area contributed by atoms with Gasteiger partial charge in [-0.2, -0.15) is 23.5 Å². The number of hydrogen-bond donors (Lipinski definition) is 2. The van der Waals surface area contributed by atoms with Crippen molar-refractivity contribution in [3.8, 4) is 0 Å². The fourth-order valence-corrected chi connectivity index (χ4v) is 3.85. The Balaban J connectivity index is 2.05. The van der Waals surface area contributed by atoms with Crippen molar-refractivity contribution < 1.29 is 9.90 Å². The van der Waals surface area contributed by atoms with Crippen LogP contribution < -0.4 is 5.32 Å². The molecule has 1 aliphatic heterocycles. The fourth-order valence-electron chi connectivity index (χ4n) is 1.20. The summed E-state index contributed by atoms with van der Waals surface area (Å²) >= 11 is 3.98. The number of carboxylic acid groups (broad SMARTS) is 1. The van der Waals surface area contributed by atoms with Crippen molar-refractivity contribution in [3.05, 3.63) is 0 Å². The van der Waals surface area contributed by atoms with Crippen LogP contribution in [0.2, 0.25) is 0 Å². The second-order valence-electron chi connectivity index (χ2n) is 3.47. The minimum atomic E-state index is -0.719. The van der Waals surface area contributed by atoms with E-state index >= 15 is 0 Å². The maximum absolute atomic E-state index is 10.5. The molecule has 0 spiro atoms. The number of nitrogens with one attached hydrogen (secondary N) is 1. The molecule has 1 fully saturated rings. The summed E-state index contributed by atoms with van der Waals surface area (Å²) in [6.07, 6.45) is 0. The van der Waals surface area contributed by atoms with Crippen molar-refractivity contribution in [3.63, 3.8) is 0 Å². The lowest BCUT2D eigenvalue weighted by Crippen LogP contribution is -2.33. The summed E-state index contributed by atoms with van der Waals surface area (Å²) in [5, 5.41) is 12.6. The first-order valence-corrected chi connectivity index (χ1v) is 7.03. The number of rotatable bonds is 5. The minimum Gasteiger partial charge on any atom is -0.481 e. The first-order valence-electron chi connectivity index (χ1n) is 4.83. The van der Waals surface area contributed by atoms with Crippen LogP contribution in [-0.4, -0.2) is 46.7 Å². The third-order valence-corrected chi connectivity index (χ3v) is 4.97. The van der Waals surface area contributed by atoms with Gasteiger partial charge in [-0.25, -0.2) is 0 Å². The van der Waals surface area contributed by atoms with Gasteiger partial charge in [0.2, 0.25) is 0 Å². The molecule has 0 amide bonds. The Labute approximate surface area is 93.4 Å². The molecule has 2 unspecified atom stereocenters. The Hall–Kier alpha value is 0.130. The summed E-state index contributed by atoms with van der Waals surface area (Å²) in [7, 11) is 0. The molecule has 0 saturated carbocycles. The van der Waals surface area contributed by atoms with Gasteiger partial charge in [0, 0.05) is 35.6 Å². The maximum Gasteiger partial charge on any atom is 0.307 e. The number of carbonyl (C=O) groups is 1. The van der Waals surface area contributed by atoms with E-state index in [0.717, 1.165) is 6.54 Å². The topological polar surface area (TPSA) is 49.3 Å². The summed E-state index contributed by atoms with van der Waals surface area (Å²) in [4.78, 5) is 10.5. The Bertz CT molecular complexity index is 184. The van der Waals surface area contributed by atoms with Gasteiger partial charge in [-0.3, -0.25) is 4.79 Å². The lowest BCUT2D eigenvalue weighted by atomic mass is 10.2. The average Bonchev–Trinajstić information content (AvgIpc) is 2.19. The summed E-state index contributed by atoms with van der Waals surface area (Å²) < 4.78 is 0. The van der Waals surface area contributed by atoms with Crippen LogP contribution in [0.1, 0.15) is 6.92 Å². The molecule has 14 heavy (non-hydrogen) atoms. The monoisotopic (exact) mass is 235 g/mol. The largest absolute Gasteiger partial charge is 0.481 e. The molecule has 1 saturated heterocycles. The zero-order chi connectivity index (χ0) is 10.4. The summed E-state index contributed by atoms with van der Waals surface area (Å²) in [6, 6.07) is 0. The van der Waals surface area contributed by atoms with Gasteiger partial charge in [0.25, 0.3) is 0 Å². The number of hydrogen-bond acceptors (Lipinski definition) is 4. The number of aliphatic carboxylic acids is 1. The molecular formula is C9H17NO2S2. The van der Waals surface area contributed by atoms with Crippen molar-refractivity contribution in [2.45, 2.75) is 12.2 Å². The van der Waals surface area contributed by atoms with Crippen LogP contribution in [-0.2, 0) is 4.79 Å². The molecule has 0 aliphatic carbocycles. The quantitative estimate of drug-likeness (QED) is 0.748. The molecule has 0 aromatic rings. The van der Waals surface area contributed by atoms with Crippen LogP contribution in [0.4, 0.5) is 0 Å². The van der Waals surface area contributed by atoms with E-state index in [1.165, 1.54) is 17.3 Å². The van der Waals surface area contributed by atoms with E-state index < -0.39 is 5.97 Å². The van der Waals surface area contributed by atoms with Crippen molar-refractivity contribution in [1.29, 1.82) is 0 Å². The predicted octanol–water partition coefficient (Wildman–Crippen LogP) is 1.15. The normalized spacial score (nSPS) is 24.5. The molecule has 1 heterocycles. The van der Waals surface area contributed by atoms with Gasteiger partial charge < -0.3 is 10.4 Å². The Morgan fingerprint density at radius 3 is 3.00 bits per heavy atom. The van der Waals surface area contributed by atoms with E-state index in [9.17, 15) is 4.79 Å². The van der Waals surface area contributed by atoms with Crippen LogP contribution in [0.15, 0.2) is 0 Å². The van der Waals surface area contributed by atoms with Crippen molar-refractivity contribution in [1.82, 2.24) is 5.32 Å². The smallest absolute Gasteiger partial charge is 0.307 e. The highest BCUT2D eigenvalue weighted by molar-refractivity contribution is 8.06. The summed E-state index contributed by atoms with van der Waals surface area (Å²) in [6.45, 7) is 3.25. The van der Waals surface area contributed by atoms with Gasteiger partial charge in [-0.05, 0) is 0 Å². The third kappa shape index (κ3) is 4.57. The fraction of sp³-hybridized carbons (Fsp3) is 0.889. The molecule has 82 valence electrons. The van der Waals surface area contributed by atoms with Crippen LogP contribution >= 0.6 is 23.5 Å². The second kappa shape index (κ2) is 6.58. The highest BCUT2D eigenvalue weighted by Gasteiger charge is 2.15. The second-order valence-corrected chi connectivity index (χ2v) is 6.02. The zero-order valence-electron chi connectivity index (χ0n) is 8.36. The Kier molecular flexibility index (Phi) is 5.74. The van der Waals surface area contributed by atoms with Crippen LogP contribution in [0.25, 0.3) is 0 Å². The molecule has 2 atom stereocenters. The van der Waals surface area contributed by atoms with E-state index in [1.54, 1.807) is 6.92 Å². The van der Waals surface area contributed by atoms with E-state index in [2.05, 4.69) is 5.32 Å². The summed E-state index contributed by atoms with van der Waals surface area (Å²) in [5.74, 6) is 2.68. The molecule has 1 rings (SSSR count). The standard InChI is InChI=1S/C9H17NO2S2/c1-7(9(11)12)4-10-5-8-6-13-2-3-14-8/h7-8,10H,2-6H2,1H3,(H,11,12). The number of thioether (sulfide) groups is 2. The van der Waals surface area contributed by atoms with Crippen molar-refractivity contribution in [2.24, 2.45) is 5.92 Å². The van der Waals surface area contributed by atoms with Crippen molar-refractivity contribution >= 4 is 29.5 Å². The SMILES string of the molecule is CC(CNCC1CSCCS1)C(=O)O. The lowest BCUT2D eigenvalue weighted by Gasteiger charge is -2.21. The molecule has 0 aromatic carbocycles. The average molecular weight is 235 g/mol. The van der Waals surface area contributed by atoms with Crippen molar-refractivity contribution in [2.75, 3.05) is 30.3 Å². The van der Waals surface area contributed by atoms with Gasteiger partial charge in [0.1, 0.15) is 0 Å². The first-order chi connectivity index (χ1) is 6.70. The van der Waals surface area contributed by atoms with Gasteiger partial charge in [-0.1, -0.05) is 6.92 Å². The number of carboxylic acids is 1. The molecular weight excluding hydrogens is 218 g/mol. The van der Waals surface area contributed by atoms with E-state index in [4.69, 9.17) is 5.11 Å². The first kappa shape index (κ1) is 12.2.